The number of carbonyl (C=O) groups is 1. The second kappa shape index (κ2) is 3.03. The van der Waals surface area contributed by atoms with Crippen molar-refractivity contribution < 1.29 is 9.90 Å². The van der Waals surface area contributed by atoms with Gasteiger partial charge in [-0.05, 0) is 19.5 Å². The predicted octanol–water partition coefficient (Wildman–Crippen LogP) is -0.539. The van der Waals surface area contributed by atoms with Crippen LogP contribution in [0.2, 0.25) is 0 Å². The minimum Gasteiger partial charge on any atom is -0.480 e. The number of hydrogen-bond acceptors (Lipinski definition) is 3. The lowest BCUT2D eigenvalue weighted by Crippen LogP contribution is -2.63. The lowest BCUT2D eigenvalue weighted by Gasteiger charge is -2.48. The molecule has 0 spiro atoms. The molecule has 0 aromatic heterocycles. The van der Waals surface area contributed by atoms with Crippen molar-refractivity contribution in [1.82, 2.24) is 9.80 Å². The first-order chi connectivity index (χ1) is 5.75. The Morgan fingerprint density at radius 3 is 2.50 bits per heavy atom. The van der Waals surface area contributed by atoms with Gasteiger partial charge in [0.25, 0.3) is 0 Å². The normalized spacial score (nSPS) is 26.3. The van der Waals surface area contributed by atoms with E-state index in [0.717, 1.165) is 13.1 Å². The van der Waals surface area contributed by atoms with Crippen molar-refractivity contribution in [2.45, 2.75) is 12.5 Å². The zero-order chi connectivity index (χ0) is 8.55. The van der Waals surface area contributed by atoms with Crippen molar-refractivity contribution in [1.29, 1.82) is 0 Å². The van der Waals surface area contributed by atoms with Crippen molar-refractivity contribution in [2.75, 3.05) is 32.7 Å². The largest absolute Gasteiger partial charge is 0.480 e. The van der Waals surface area contributed by atoms with Crippen LogP contribution in [0.15, 0.2) is 0 Å². The van der Waals surface area contributed by atoms with Gasteiger partial charge in [0.1, 0.15) is 0 Å². The summed E-state index contributed by atoms with van der Waals surface area (Å²) < 4.78 is 0. The standard InChI is InChI=1S/C8H14N2O2/c11-8(12)6-9-4-7(5-9)10-2-1-3-10/h7H,1-6H2,(H,11,12). The topological polar surface area (TPSA) is 43.8 Å². The maximum absolute atomic E-state index is 10.3. The zero-order valence-electron chi connectivity index (χ0n) is 7.07. The van der Waals surface area contributed by atoms with E-state index in [1.807, 2.05) is 4.90 Å². The maximum atomic E-state index is 10.3. The number of carboxylic acids is 1. The van der Waals surface area contributed by atoms with E-state index >= 15 is 0 Å². The third-order valence-electron chi connectivity index (χ3n) is 2.70. The molecule has 2 rings (SSSR count). The summed E-state index contributed by atoms with van der Waals surface area (Å²) >= 11 is 0. The molecule has 0 aromatic rings. The van der Waals surface area contributed by atoms with Crippen LogP contribution >= 0.6 is 0 Å². The minimum atomic E-state index is -0.711. The molecule has 0 saturated carbocycles. The molecule has 68 valence electrons. The van der Waals surface area contributed by atoms with Crippen molar-refractivity contribution in [3.05, 3.63) is 0 Å². The Morgan fingerprint density at radius 1 is 1.42 bits per heavy atom. The SMILES string of the molecule is O=C(O)CN1CC(N2CCC2)C1. The highest BCUT2D eigenvalue weighted by atomic mass is 16.4. The fourth-order valence-corrected chi connectivity index (χ4v) is 1.80. The van der Waals surface area contributed by atoms with Crippen LogP contribution in [0.5, 0.6) is 0 Å². The molecule has 0 amide bonds. The zero-order valence-corrected chi connectivity index (χ0v) is 7.07. The van der Waals surface area contributed by atoms with Gasteiger partial charge in [-0.3, -0.25) is 14.6 Å². The lowest BCUT2D eigenvalue weighted by molar-refractivity contribution is -0.140. The van der Waals surface area contributed by atoms with Crippen molar-refractivity contribution in [2.24, 2.45) is 0 Å². The van der Waals surface area contributed by atoms with Gasteiger partial charge < -0.3 is 5.11 Å². The van der Waals surface area contributed by atoms with Gasteiger partial charge in [0.05, 0.1) is 6.54 Å². The third-order valence-corrected chi connectivity index (χ3v) is 2.70. The van der Waals surface area contributed by atoms with Gasteiger partial charge in [-0.2, -0.15) is 0 Å². The number of rotatable bonds is 3. The quantitative estimate of drug-likeness (QED) is 0.618. The molecule has 2 aliphatic heterocycles. The van der Waals surface area contributed by atoms with E-state index in [1.54, 1.807) is 0 Å². The van der Waals surface area contributed by atoms with Gasteiger partial charge >= 0.3 is 5.97 Å². The number of nitrogens with zero attached hydrogens (tertiary/aromatic N) is 2. The molecular weight excluding hydrogens is 156 g/mol. The first-order valence-electron chi connectivity index (χ1n) is 4.44. The average Bonchev–Trinajstić information content (AvgIpc) is 1.77. The summed E-state index contributed by atoms with van der Waals surface area (Å²) in [6.07, 6.45) is 1.31. The van der Waals surface area contributed by atoms with Crippen molar-refractivity contribution >= 4 is 5.97 Å². The van der Waals surface area contributed by atoms with Crippen LogP contribution in [-0.4, -0.2) is 59.6 Å². The van der Waals surface area contributed by atoms with Gasteiger partial charge in [-0.1, -0.05) is 0 Å². The maximum Gasteiger partial charge on any atom is 0.317 e. The first-order valence-corrected chi connectivity index (χ1v) is 4.44. The molecule has 0 bridgehead atoms. The molecule has 0 radical (unpaired) electrons. The molecule has 0 atom stereocenters. The summed E-state index contributed by atoms with van der Waals surface area (Å²) in [5.74, 6) is -0.711. The number of carboxylic acid groups (broad SMARTS) is 1. The molecule has 0 aliphatic carbocycles. The fraction of sp³-hybridized carbons (Fsp3) is 0.875. The van der Waals surface area contributed by atoms with Crippen LogP contribution in [0.3, 0.4) is 0 Å². The summed E-state index contributed by atoms with van der Waals surface area (Å²) in [5.41, 5.74) is 0. The molecule has 0 unspecified atom stereocenters. The Bertz CT molecular complexity index is 185. The van der Waals surface area contributed by atoms with Crippen LogP contribution < -0.4 is 0 Å². The summed E-state index contributed by atoms with van der Waals surface area (Å²) in [6, 6.07) is 0.651. The van der Waals surface area contributed by atoms with E-state index in [2.05, 4.69) is 4.90 Å². The molecule has 12 heavy (non-hydrogen) atoms. The Morgan fingerprint density at radius 2 is 2.08 bits per heavy atom. The summed E-state index contributed by atoms with van der Waals surface area (Å²) in [5, 5.41) is 8.49. The first kappa shape index (κ1) is 8.01. The lowest BCUT2D eigenvalue weighted by atomic mass is 10.0. The molecule has 0 aromatic carbocycles. The Hall–Kier alpha value is -0.610. The Labute approximate surface area is 71.8 Å². The molecular formula is C8H14N2O2. The third kappa shape index (κ3) is 1.44. The van der Waals surface area contributed by atoms with E-state index in [-0.39, 0.29) is 6.54 Å². The van der Waals surface area contributed by atoms with Crippen LogP contribution in [0, 0.1) is 0 Å². The van der Waals surface area contributed by atoms with Gasteiger partial charge in [-0.25, -0.2) is 0 Å². The number of hydrogen-bond donors (Lipinski definition) is 1. The van der Waals surface area contributed by atoms with Crippen LogP contribution in [0.1, 0.15) is 6.42 Å². The van der Waals surface area contributed by atoms with Gasteiger partial charge in [-0.15, -0.1) is 0 Å². The van der Waals surface area contributed by atoms with Crippen molar-refractivity contribution in [3.63, 3.8) is 0 Å². The summed E-state index contributed by atoms with van der Waals surface area (Å²) in [6.45, 7) is 4.54. The predicted molar refractivity (Wildman–Crippen MR) is 44.1 cm³/mol. The summed E-state index contributed by atoms with van der Waals surface area (Å²) in [4.78, 5) is 14.7. The second-order valence-corrected chi connectivity index (χ2v) is 3.63. The summed E-state index contributed by atoms with van der Waals surface area (Å²) in [7, 11) is 0. The molecule has 4 nitrogen and oxygen atoms in total. The van der Waals surface area contributed by atoms with Crippen LogP contribution in [0.4, 0.5) is 0 Å². The number of aliphatic carboxylic acids is 1. The van der Waals surface area contributed by atoms with E-state index < -0.39 is 5.97 Å². The highest BCUT2D eigenvalue weighted by Gasteiger charge is 2.34. The monoisotopic (exact) mass is 170 g/mol. The average molecular weight is 170 g/mol. The minimum absolute atomic E-state index is 0.213. The highest BCUT2D eigenvalue weighted by Crippen LogP contribution is 2.19. The molecule has 2 saturated heterocycles. The molecule has 2 fully saturated rings. The van der Waals surface area contributed by atoms with E-state index in [9.17, 15) is 4.79 Å². The Kier molecular flexibility index (Phi) is 2.02. The molecule has 4 heteroatoms. The molecule has 1 N–H and O–H groups in total. The number of likely N-dealkylation sites (tertiary alicyclic amines) is 2. The molecule has 2 aliphatic rings. The van der Waals surface area contributed by atoms with Crippen molar-refractivity contribution in [3.8, 4) is 0 Å². The van der Waals surface area contributed by atoms with Gasteiger partial charge in [0, 0.05) is 19.1 Å². The van der Waals surface area contributed by atoms with Crippen LogP contribution in [0.25, 0.3) is 0 Å². The highest BCUT2D eigenvalue weighted by molar-refractivity contribution is 5.69. The Balaban J connectivity index is 1.66. The second-order valence-electron chi connectivity index (χ2n) is 3.63. The van der Waals surface area contributed by atoms with E-state index in [1.165, 1.54) is 19.5 Å². The van der Waals surface area contributed by atoms with E-state index in [0.29, 0.717) is 6.04 Å². The smallest absolute Gasteiger partial charge is 0.317 e. The van der Waals surface area contributed by atoms with Gasteiger partial charge in [0.2, 0.25) is 0 Å². The fourth-order valence-electron chi connectivity index (χ4n) is 1.80. The molecule has 2 heterocycles. The van der Waals surface area contributed by atoms with E-state index in [4.69, 9.17) is 5.11 Å². The van der Waals surface area contributed by atoms with Crippen LogP contribution in [-0.2, 0) is 4.79 Å². The van der Waals surface area contributed by atoms with Gasteiger partial charge in [0.15, 0.2) is 0 Å².